The van der Waals surface area contributed by atoms with Crippen LogP contribution in [0.5, 0.6) is 0 Å². The third kappa shape index (κ3) is 2.47. The Morgan fingerprint density at radius 1 is 1.47 bits per heavy atom. The number of aryl methyl sites for hydroxylation is 2. The molecule has 4 nitrogen and oxygen atoms in total. The van der Waals surface area contributed by atoms with Crippen LogP contribution in [0.1, 0.15) is 28.7 Å². The Hall–Kier alpha value is -1.42. The normalized spacial score (nSPS) is 20.4. The molecule has 1 saturated heterocycles. The number of rotatable bonds is 1. The summed E-state index contributed by atoms with van der Waals surface area (Å²) in [5, 5.41) is 3.29. The molecule has 0 saturated carbocycles. The average Bonchev–Trinajstić information content (AvgIpc) is 2.29. The number of piperazine rings is 1. The molecule has 0 aliphatic carbocycles. The molecule has 1 amide bonds. The lowest BCUT2D eigenvalue weighted by atomic mass is 10.1. The lowest BCUT2D eigenvalue weighted by Crippen LogP contribution is -2.52. The fourth-order valence-electron chi connectivity index (χ4n) is 2.21. The average molecular weight is 233 g/mol. The number of carbonyl (C=O) groups excluding carboxylic acids is 1. The first kappa shape index (κ1) is 12.0. The van der Waals surface area contributed by atoms with E-state index in [1.54, 1.807) is 0 Å². The summed E-state index contributed by atoms with van der Waals surface area (Å²) >= 11 is 0. The number of nitrogens with zero attached hydrogens (tertiary/aromatic N) is 2. The quantitative estimate of drug-likeness (QED) is 0.791. The van der Waals surface area contributed by atoms with Crippen LogP contribution in [-0.2, 0) is 0 Å². The van der Waals surface area contributed by atoms with Crippen LogP contribution in [-0.4, -0.2) is 41.5 Å². The van der Waals surface area contributed by atoms with Gasteiger partial charge in [-0.3, -0.25) is 9.78 Å². The summed E-state index contributed by atoms with van der Waals surface area (Å²) < 4.78 is 0. The second kappa shape index (κ2) is 4.84. The molecule has 1 fully saturated rings. The predicted octanol–water partition coefficient (Wildman–Crippen LogP) is 1.13. The van der Waals surface area contributed by atoms with Gasteiger partial charge in [0.2, 0.25) is 0 Å². The molecular formula is C13H19N3O. The Kier molecular flexibility index (Phi) is 3.43. The molecule has 0 radical (unpaired) electrons. The highest BCUT2D eigenvalue weighted by Crippen LogP contribution is 2.13. The van der Waals surface area contributed by atoms with Gasteiger partial charge in [-0.25, -0.2) is 0 Å². The highest BCUT2D eigenvalue weighted by molar-refractivity contribution is 5.95. The number of aromatic nitrogens is 1. The summed E-state index contributed by atoms with van der Waals surface area (Å²) in [5.74, 6) is 0.101. The second-order valence-electron chi connectivity index (χ2n) is 4.64. The highest BCUT2D eigenvalue weighted by Gasteiger charge is 2.25. The minimum Gasteiger partial charge on any atom is -0.333 e. The van der Waals surface area contributed by atoms with E-state index in [0.717, 1.165) is 36.6 Å². The number of pyridine rings is 1. The van der Waals surface area contributed by atoms with E-state index in [4.69, 9.17) is 0 Å². The monoisotopic (exact) mass is 233 g/mol. The fourth-order valence-corrected chi connectivity index (χ4v) is 2.21. The van der Waals surface area contributed by atoms with Gasteiger partial charge >= 0.3 is 0 Å². The van der Waals surface area contributed by atoms with E-state index in [1.165, 1.54) is 0 Å². The summed E-state index contributed by atoms with van der Waals surface area (Å²) in [6, 6.07) is 4.03. The van der Waals surface area contributed by atoms with E-state index in [9.17, 15) is 4.79 Å². The molecule has 1 aromatic rings. The van der Waals surface area contributed by atoms with Gasteiger partial charge in [-0.05, 0) is 32.9 Å². The van der Waals surface area contributed by atoms with Gasteiger partial charge in [-0.1, -0.05) is 0 Å². The second-order valence-corrected chi connectivity index (χ2v) is 4.64. The minimum atomic E-state index is 0.101. The Balaban J connectivity index is 2.24. The molecule has 0 bridgehead atoms. The lowest BCUT2D eigenvalue weighted by Gasteiger charge is -2.34. The fraction of sp³-hybridized carbons (Fsp3) is 0.538. The Bertz CT molecular complexity index is 431. The third-order valence-corrected chi connectivity index (χ3v) is 3.22. The van der Waals surface area contributed by atoms with Crippen molar-refractivity contribution < 1.29 is 4.79 Å². The van der Waals surface area contributed by atoms with E-state index < -0.39 is 0 Å². The molecule has 1 atom stereocenters. The number of carbonyl (C=O) groups is 1. The molecule has 0 spiro atoms. The maximum absolute atomic E-state index is 12.4. The van der Waals surface area contributed by atoms with Crippen LogP contribution in [0, 0.1) is 13.8 Å². The largest absolute Gasteiger partial charge is 0.333 e. The summed E-state index contributed by atoms with van der Waals surface area (Å²) in [4.78, 5) is 18.7. The summed E-state index contributed by atoms with van der Waals surface area (Å²) in [6.45, 7) is 8.41. The van der Waals surface area contributed by atoms with Gasteiger partial charge in [0.15, 0.2) is 0 Å². The van der Waals surface area contributed by atoms with E-state index >= 15 is 0 Å². The van der Waals surface area contributed by atoms with Crippen molar-refractivity contribution in [3.8, 4) is 0 Å². The SMILES string of the molecule is Cc1ccc(C(=O)N2CCNC[C@@H]2C)c(C)n1. The number of hydrogen-bond donors (Lipinski definition) is 1. The smallest absolute Gasteiger partial charge is 0.256 e. The van der Waals surface area contributed by atoms with Gasteiger partial charge in [0.1, 0.15) is 0 Å². The first-order valence-electron chi connectivity index (χ1n) is 6.05. The zero-order chi connectivity index (χ0) is 12.4. The molecule has 0 aromatic carbocycles. The first-order valence-corrected chi connectivity index (χ1v) is 6.05. The van der Waals surface area contributed by atoms with Crippen molar-refractivity contribution in [3.05, 3.63) is 29.1 Å². The van der Waals surface area contributed by atoms with E-state index in [2.05, 4.69) is 17.2 Å². The number of amides is 1. The van der Waals surface area contributed by atoms with Gasteiger partial charge in [0.05, 0.1) is 11.3 Å². The molecule has 92 valence electrons. The van der Waals surface area contributed by atoms with Crippen LogP contribution in [0.25, 0.3) is 0 Å². The van der Waals surface area contributed by atoms with Crippen molar-refractivity contribution in [1.82, 2.24) is 15.2 Å². The molecule has 4 heteroatoms. The van der Waals surface area contributed by atoms with Crippen LogP contribution in [0.4, 0.5) is 0 Å². The lowest BCUT2D eigenvalue weighted by molar-refractivity contribution is 0.0654. The third-order valence-electron chi connectivity index (χ3n) is 3.22. The van der Waals surface area contributed by atoms with Crippen molar-refractivity contribution in [2.75, 3.05) is 19.6 Å². The van der Waals surface area contributed by atoms with Crippen molar-refractivity contribution in [2.24, 2.45) is 0 Å². The molecule has 17 heavy (non-hydrogen) atoms. The zero-order valence-corrected chi connectivity index (χ0v) is 10.7. The summed E-state index contributed by atoms with van der Waals surface area (Å²) in [7, 11) is 0. The molecule has 1 aliphatic heterocycles. The summed E-state index contributed by atoms with van der Waals surface area (Å²) in [6.07, 6.45) is 0. The van der Waals surface area contributed by atoms with Crippen molar-refractivity contribution in [3.63, 3.8) is 0 Å². The number of nitrogens with one attached hydrogen (secondary N) is 1. The standard InChI is InChI=1S/C13H19N3O/c1-9-4-5-12(11(3)15-9)13(17)16-7-6-14-8-10(16)2/h4-5,10,14H,6-8H2,1-3H3/t10-/m0/s1. The van der Waals surface area contributed by atoms with Crippen LogP contribution in [0.15, 0.2) is 12.1 Å². The molecule has 2 rings (SSSR count). The molecule has 2 heterocycles. The van der Waals surface area contributed by atoms with Crippen LogP contribution in [0.3, 0.4) is 0 Å². The molecule has 1 N–H and O–H groups in total. The first-order chi connectivity index (χ1) is 8.09. The molecule has 1 aliphatic rings. The molecule has 0 unspecified atom stereocenters. The van der Waals surface area contributed by atoms with Crippen molar-refractivity contribution in [2.45, 2.75) is 26.8 Å². The highest BCUT2D eigenvalue weighted by atomic mass is 16.2. The Morgan fingerprint density at radius 2 is 2.24 bits per heavy atom. The maximum atomic E-state index is 12.4. The van der Waals surface area contributed by atoms with E-state index in [1.807, 2.05) is 30.9 Å². The van der Waals surface area contributed by atoms with Crippen molar-refractivity contribution in [1.29, 1.82) is 0 Å². The van der Waals surface area contributed by atoms with Crippen LogP contribution >= 0.6 is 0 Å². The topological polar surface area (TPSA) is 45.2 Å². The van der Waals surface area contributed by atoms with E-state index in [0.29, 0.717) is 0 Å². The van der Waals surface area contributed by atoms with E-state index in [-0.39, 0.29) is 11.9 Å². The van der Waals surface area contributed by atoms with Crippen LogP contribution < -0.4 is 5.32 Å². The van der Waals surface area contributed by atoms with Gasteiger partial charge in [0, 0.05) is 31.4 Å². The number of hydrogen-bond acceptors (Lipinski definition) is 3. The maximum Gasteiger partial charge on any atom is 0.256 e. The van der Waals surface area contributed by atoms with Crippen molar-refractivity contribution >= 4 is 5.91 Å². The predicted molar refractivity (Wildman–Crippen MR) is 67.1 cm³/mol. The molecular weight excluding hydrogens is 214 g/mol. The van der Waals surface area contributed by atoms with Gasteiger partial charge in [-0.15, -0.1) is 0 Å². The Morgan fingerprint density at radius 3 is 2.88 bits per heavy atom. The van der Waals surface area contributed by atoms with Gasteiger partial charge < -0.3 is 10.2 Å². The van der Waals surface area contributed by atoms with Crippen LogP contribution in [0.2, 0.25) is 0 Å². The molecule has 1 aromatic heterocycles. The Labute approximate surface area is 102 Å². The van der Waals surface area contributed by atoms with Gasteiger partial charge in [-0.2, -0.15) is 0 Å². The zero-order valence-electron chi connectivity index (χ0n) is 10.7. The van der Waals surface area contributed by atoms with Gasteiger partial charge in [0.25, 0.3) is 5.91 Å². The summed E-state index contributed by atoms with van der Waals surface area (Å²) in [5.41, 5.74) is 2.50. The minimum absolute atomic E-state index is 0.101.